The maximum Gasteiger partial charge on any atom is 0.257 e. The molecule has 2 N–H and O–H groups in total. The Bertz CT molecular complexity index is 997. The highest BCUT2D eigenvalue weighted by molar-refractivity contribution is 6.36. The molecule has 3 aromatic rings. The summed E-state index contributed by atoms with van der Waals surface area (Å²) < 4.78 is 0. The number of amides is 1. The molecule has 1 amide bonds. The van der Waals surface area contributed by atoms with Crippen molar-refractivity contribution in [2.24, 2.45) is 0 Å². The number of nitriles is 1. The third-order valence-electron chi connectivity index (χ3n) is 3.52. The van der Waals surface area contributed by atoms with Crippen molar-refractivity contribution in [3.63, 3.8) is 0 Å². The molecule has 5 nitrogen and oxygen atoms in total. The van der Waals surface area contributed by atoms with Crippen LogP contribution in [0, 0.1) is 11.3 Å². The Hall–Kier alpha value is -3.07. The van der Waals surface area contributed by atoms with E-state index in [1.165, 1.54) is 6.20 Å². The van der Waals surface area contributed by atoms with Gasteiger partial charge in [-0.15, -0.1) is 0 Å². The number of nitrogens with one attached hydrogen (secondary N) is 2. The molecule has 2 aromatic carbocycles. The number of halogens is 2. The van der Waals surface area contributed by atoms with E-state index in [0.29, 0.717) is 38.4 Å². The van der Waals surface area contributed by atoms with Crippen LogP contribution in [0.4, 0.5) is 17.2 Å². The molecule has 1 aromatic heterocycles. The number of pyridine rings is 1. The molecule has 0 atom stereocenters. The second-order valence-electron chi connectivity index (χ2n) is 5.29. The maximum atomic E-state index is 12.3. The minimum Gasteiger partial charge on any atom is -0.339 e. The Morgan fingerprint density at radius 1 is 1.04 bits per heavy atom. The summed E-state index contributed by atoms with van der Waals surface area (Å²) in [5, 5.41) is 15.7. The van der Waals surface area contributed by atoms with Crippen molar-refractivity contribution in [2.75, 3.05) is 10.6 Å². The topological polar surface area (TPSA) is 77.8 Å². The first-order valence-electron chi connectivity index (χ1n) is 7.55. The van der Waals surface area contributed by atoms with Crippen LogP contribution in [0.15, 0.2) is 60.8 Å². The number of carbonyl (C=O) groups is 1. The average Bonchev–Trinajstić information content (AvgIpc) is 2.65. The summed E-state index contributed by atoms with van der Waals surface area (Å²) in [5.74, 6) is 0.180. The number of anilines is 3. The second kappa shape index (κ2) is 7.87. The van der Waals surface area contributed by atoms with Crippen LogP contribution in [0.1, 0.15) is 15.9 Å². The average molecular weight is 383 g/mol. The van der Waals surface area contributed by atoms with Gasteiger partial charge in [0.2, 0.25) is 0 Å². The van der Waals surface area contributed by atoms with Gasteiger partial charge in [-0.05, 0) is 42.5 Å². The monoisotopic (exact) mass is 382 g/mol. The van der Waals surface area contributed by atoms with Gasteiger partial charge in [-0.3, -0.25) is 4.79 Å². The van der Waals surface area contributed by atoms with Gasteiger partial charge in [-0.1, -0.05) is 35.3 Å². The SMILES string of the molecule is N#Cc1ccccc1Nc1ccc(C(=O)Nc2ccc(Cl)cc2Cl)cn1. The summed E-state index contributed by atoms with van der Waals surface area (Å²) in [7, 11) is 0. The number of hydrogen-bond acceptors (Lipinski definition) is 4. The Morgan fingerprint density at radius 2 is 1.85 bits per heavy atom. The summed E-state index contributed by atoms with van der Waals surface area (Å²) in [6, 6.07) is 17.3. The number of nitrogens with zero attached hydrogens (tertiary/aromatic N) is 2. The zero-order valence-corrected chi connectivity index (χ0v) is 14.8. The van der Waals surface area contributed by atoms with Crippen molar-refractivity contribution in [1.82, 2.24) is 4.98 Å². The van der Waals surface area contributed by atoms with Crippen molar-refractivity contribution in [3.8, 4) is 6.07 Å². The van der Waals surface area contributed by atoms with E-state index in [9.17, 15) is 4.79 Å². The van der Waals surface area contributed by atoms with Crippen LogP contribution in [-0.4, -0.2) is 10.9 Å². The third kappa shape index (κ3) is 4.12. The Balaban J connectivity index is 1.73. The minimum absolute atomic E-state index is 0.342. The summed E-state index contributed by atoms with van der Waals surface area (Å²) >= 11 is 11.9. The van der Waals surface area contributed by atoms with E-state index in [0.717, 1.165) is 0 Å². The van der Waals surface area contributed by atoms with Crippen LogP contribution in [-0.2, 0) is 0 Å². The minimum atomic E-state index is -0.342. The predicted octanol–water partition coefficient (Wildman–Crippen LogP) is 5.26. The van der Waals surface area contributed by atoms with E-state index in [1.807, 2.05) is 6.07 Å². The van der Waals surface area contributed by atoms with Gasteiger partial charge in [-0.2, -0.15) is 5.26 Å². The fourth-order valence-electron chi connectivity index (χ4n) is 2.22. The summed E-state index contributed by atoms with van der Waals surface area (Å²) in [6.07, 6.45) is 1.44. The van der Waals surface area contributed by atoms with Gasteiger partial charge in [0, 0.05) is 11.2 Å². The zero-order valence-electron chi connectivity index (χ0n) is 13.3. The van der Waals surface area contributed by atoms with Crippen LogP contribution in [0.25, 0.3) is 0 Å². The number of rotatable bonds is 4. The van der Waals surface area contributed by atoms with Gasteiger partial charge in [0.05, 0.1) is 27.5 Å². The first-order valence-corrected chi connectivity index (χ1v) is 8.31. The van der Waals surface area contributed by atoms with Crippen molar-refractivity contribution < 1.29 is 4.79 Å². The van der Waals surface area contributed by atoms with Crippen LogP contribution in [0.5, 0.6) is 0 Å². The second-order valence-corrected chi connectivity index (χ2v) is 6.14. The fourth-order valence-corrected chi connectivity index (χ4v) is 2.67. The molecule has 0 saturated carbocycles. The molecule has 7 heteroatoms. The molecule has 0 spiro atoms. The summed E-state index contributed by atoms with van der Waals surface area (Å²) in [5.41, 5.74) is 1.99. The highest BCUT2D eigenvalue weighted by atomic mass is 35.5. The Labute approximate surface area is 160 Å². The predicted molar refractivity (Wildman–Crippen MR) is 103 cm³/mol. The number of carbonyl (C=O) groups excluding carboxylic acids is 1. The molecule has 0 aliphatic heterocycles. The lowest BCUT2D eigenvalue weighted by atomic mass is 10.2. The molecule has 26 heavy (non-hydrogen) atoms. The van der Waals surface area contributed by atoms with Crippen LogP contribution in [0.2, 0.25) is 10.0 Å². The van der Waals surface area contributed by atoms with Crippen molar-refractivity contribution in [2.45, 2.75) is 0 Å². The van der Waals surface area contributed by atoms with E-state index in [4.69, 9.17) is 28.5 Å². The smallest absolute Gasteiger partial charge is 0.257 e. The first-order chi connectivity index (χ1) is 12.6. The lowest BCUT2D eigenvalue weighted by Gasteiger charge is -2.09. The number of benzene rings is 2. The van der Waals surface area contributed by atoms with Crippen LogP contribution < -0.4 is 10.6 Å². The fraction of sp³-hybridized carbons (Fsp3) is 0. The van der Waals surface area contributed by atoms with Crippen LogP contribution in [0.3, 0.4) is 0 Å². The Kier molecular flexibility index (Phi) is 5.37. The maximum absolute atomic E-state index is 12.3. The molecule has 0 unspecified atom stereocenters. The highest BCUT2D eigenvalue weighted by Crippen LogP contribution is 2.26. The largest absolute Gasteiger partial charge is 0.339 e. The van der Waals surface area contributed by atoms with Crippen molar-refractivity contribution >= 4 is 46.3 Å². The van der Waals surface area contributed by atoms with E-state index >= 15 is 0 Å². The standard InChI is InChI=1S/C19H12Cl2N4O/c20-14-6-7-17(15(21)9-14)25-19(26)13-5-8-18(23-11-13)24-16-4-2-1-3-12(16)10-22/h1-9,11H,(H,23,24)(H,25,26). The quantitative estimate of drug-likeness (QED) is 0.645. The molecular weight excluding hydrogens is 371 g/mol. The molecule has 128 valence electrons. The van der Waals surface area contributed by atoms with Gasteiger partial charge in [0.15, 0.2) is 0 Å². The molecule has 0 bridgehead atoms. The van der Waals surface area contributed by atoms with E-state index in [-0.39, 0.29) is 5.91 Å². The number of para-hydroxylation sites is 1. The van der Waals surface area contributed by atoms with Gasteiger partial charge >= 0.3 is 0 Å². The lowest BCUT2D eigenvalue weighted by molar-refractivity contribution is 0.102. The highest BCUT2D eigenvalue weighted by Gasteiger charge is 2.10. The normalized spacial score (nSPS) is 10.0. The molecule has 0 saturated heterocycles. The van der Waals surface area contributed by atoms with Gasteiger partial charge in [0.1, 0.15) is 11.9 Å². The lowest BCUT2D eigenvalue weighted by Crippen LogP contribution is -2.12. The molecule has 3 rings (SSSR count). The molecular formula is C19H12Cl2N4O. The van der Waals surface area contributed by atoms with Crippen LogP contribution >= 0.6 is 23.2 Å². The van der Waals surface area contributed by atoms with Crippen molar-refractivity contribution in [3.05, 3.63) is 82.0 Å². The third-order valence-corrected chi connectivity index (χ3v) is 4.06. The van der Waals surface area contributed by atoms with Gasteiger partial charge < -0.3 is 10.6 Å². The summed E-state index contributed by atoms with van der Waals surface area (Å²) in [6.45, 7) is 0. The van der Waals surface area contributed by atoms with Gasteiger partial charge in [-0.25, -0.2) is 4.98 Å². The number of aromatic nitrogens is 1. The first kappa shape index (κ1) is 17.7. The zero-order chi connectivity index (χ0) is 18.5. The number of hydrogen-bond donors (Lipinski definition) is 2. The van der Waals surface area contributed by atoms with E-state index < -0.39 is 0 Å². The van der Waals surface area contributed by atoms with Gasteiger partial charge in [0.25, 0.3) is 5.91 Å². The molecule has 0 aliphatic carbocycles. The molecule has 0 fully saturated rings. The molecule has 0 aliphatic rings. The van der Waals surface area contributed by atoms with Crippen molar-refractivity contribution in [1.29, 1.82) is 5.26 Å². The Morgan fingerprint density at radius 3 is 2.54 bits per heavy atom. The molecule has 1 heterocycles. The van der Waals surface area contributed by atoms with E-state index in [1.54, 1.807) is 48.5 Å². The van der Waals surface area contributed by atoms with E-state index in [2.05, 4.69) is 21.7 Å². The summed E-state index contributed by atoms with van der Waals surface area (Å²) in [4.78, 5) is 16.5. The molecule has 0 radical (unpaired) electrons.